The van der Waals surface area contributed by atoms with E-state index in [-0.39, 0.29) is 17.6 Å². The Morgan fingerprint density at radius 1 is 1.03 bits per heavy atom. The zero-order chi connectivity index (χ0) is 20.5. The van der Waals surface area contributed by atoms with E-state index in [4.69, 9.17) is 9.05 Å². The van der Waals surface area contributed by atoms with Crippen LogP contribution in [0, 0.1) is 5.82 Å². The standard InChI is InChI=1S/C21H21FN6O2/c1-27-10-4-7-17(27)19-24-20(29-26-19)14-8-11-28(12-9-14)13-18-23-21(30-25-18)15-5-2-3-6-16(15)22/h2-7,10,14H,8-9,11-13H2,1H3. The second-order valence-electron chi connectivity index (χ2n) is 7.51. The van der Waals surface area contributed by atoms with Gasteiger partial charge in [-0.2, -0.15) is 9.97 Å². The van der Waals surface area contributed by atoms with Gasteiger partial charge in [-0.1, -0.05) is 22.4 Å². The van der Waals surface area contributed by atoms with Crippen LogP contribution in [-0.4, -0.2) is 42.8 Å². The molecule has 30 heavy (non-hydrogen) atoms. The number of likely N-dealkylation sites (tertiary alicyclic amines) is 1. The summed E-state index contributed by atoms with van der Waals surface area (Å²) in [5.74, 6) is 1.93. The second kappa shape index (κ2) is 7.83. The molecule has 1 fully saturated rings. The minimum Gasteiger partial charge on any atom is -0.348 e. The summed E-state index contributed by atoms with van der Waals surface area (Å²) in [7, 11) is 1.96. The molecule has 154 valence electrons. The summed E-state index contributed by atoms with van der Waals surface area (Å²) in [5.41, 5.74) is 1.26. The van der Waals surface area contributed by atoms with E-state index in [1.165, 1.54) is 6.07 Å². The zero-order valence-corrected chi connectivity index (χ0v) is 16.5. The molecule has 0 amide bonds. The molecule has 0 spiro atoms. The minimum absolute atomic E-state index is 0.206. The van der Waals surface area contributed by atoms with Gasteiger partial charge in [0, 0.05) is 19.2 Å². The van der Waals surface area contributed by atoms with Crippen LogP contribution in [0.1, 0.15) is 30.5 Å². The van der Waals surface area contributed by atoms with Crippen LogP contribution in [0.3, 0.4) is 0 Å². The van der Waals surface area contributed by atoms with Crippen molar-refractivity contribution in [1.82, 2.24) is 29.7 Å². The van der Waals surface area contributed by atoms with Gasteiger partial charge in [0.05, 0.1) is 17.8 Å². The molecule has 0 saturated carbocycles. The molecule has 0 unspecified atom stereocenters. The third kappa shape index (κ3) is 3.63. The fourth-order valence-corrected chi connectivity index (χ4v) is 3.80. The number of nitrogens with zero attached hydrogens (tertiary/aromatic N) is 6. The van der Waals surface area contributed by atoms with E-state index >= 15 is 0 Å². The van der Waals surface area contributed by atoms with Crippen LogP contribution in [0.25, 0.3) is 23.0 Å². The lowest BCUT2D eigenvalue weighted by Crippen LogP contribution is -2.32. The Morgan fingerprint density at radius 2 is 1.87 bits per heavy atom. The van der Waals surface area contributed by atoms with Gasteiger partial charge in [-0.25, -0.2) is 4.39 Å². The predicted molar refractivity (Wildman–Crippen MR) is 106 cm³/mol. The summed E-state index contributed by atoms with van der Waals surface area (Å²) in [6.45, 7) is 2.27. The summed E-state index contributed by atoms with van der Waals surface area (Å²) in [6, 6.07) is 10.3. The van der Waals surface area contributed by atoms with Crippen LogP contribution >= 0.6 is 0 Å². The Balaban J connectivity index is 1.20. The van der Waals surface area contributed by atoms with Crippen molar-refractivity contribution in [3.63, 3.8) is 0 Å². The van der Waals surface area contributed by atoms with Gasteiger partial charge in [0.25, 0.3) is 5.89 Å². The topological polar surface area (TPSA) is 86.0 Å². The molecule has 0 bridgehead atoms. The third-order valence-corrected chi connectivity index (χ3v) is 5.49. The van der Waals surface area contributed by atoms with Gasteiger partial charge >= 0.3 is 0 Å². The van der Waals surface area contributed by atoms with Crippen molar-refractivity contribution in [2.45, 2.75) is 25.3 Å². The lowest BCUT2D eigenvalue weighted by Gasteiger charge is -2.29. The SMILES string of the molecule is Cn1cccc1-c1noc(C2CCN(Cc3noc(-c4ccccc4F)n3)CC2)n1. The molecule has 3 aromatic heterocycles. The monoisotopic (exact) mass is 408 g/mol. The number of piperidine rings is 1. The van der Waals surface area contributed by atoms with Crippen molar-refractivity contribution in [1.29, 1.82) is 0 Å². The highest BCUT2D eigenvalue weighted by Gasteiger charge is 2.26. The van der Waals surface area contributed by atoms with E-state index < -0.39 is 0 Å². The van der Waals surface area contributed by atoms with Gasteiger partial charge in [-0.05, 0) is 50.2 Å². The van der Waals surface area contributed by atoms with E-state index in [1.807, 2.05) is 29.9 Å². The van der Waals surface area contributed by atoms with Crippen molar-refractivity contribution in [3.05, 3.63) is 60.1 Å². The number of halogens is 1. The van der Waals surface area contributed by atoms with Gasteiger partial charge < -0.3 is 13.6 Å². The Labute approximate surface area is 172 Å². The second-order valence-corrected chi connectivity index (χ2v) is 7.51. The summed E-state index contributed by atoms with van der Waals surface area (Å²) in [5, 5.41) is 8.14. The van der Waals surface area contributed by atoms with E-state index in [0.29, 0.717) is 29.6 Å². The molecule has 1 aliphatic rings. The van der Waals surface area contributed by atoms with Gasteiger partial charge in [-0.3, -0.25) is 4.90 Å². The average molecular weight is 408 g/mol. The summed E-state index contributed by atoms with van der Waals surface area (Å²) in [6.07, 6.45) is 3.78. The van der Waals surface area contributed by atoms with Gasteiger partial charge in [0.15, 0.2) is 5.82 Å². The third-order valence-electron chi connectivity index (χ3n) is 5.49. The molecule has 0 aliphatic carbocycles. The molecule has 4 heterocycles. The van der Waals surface area contributed by atoms with E-state index in [2.05, 4.69) is 25.2 Å². The number of aromatic nitrogens is 5. The lowest BCUT2D eigenvalue weighted by atomic mass is 9.97. The summed E-state index contributed by atoms with van der Waals surface area (Å²) < 4.78 is 26.7. The first kappa shape index (κ1) is 18.7. The predicted octanol–water partition coefficient (Wildman–Crippen LogP) is 3.64. The molecular formula is C21H21FN6O2. The van der Waals surface area contributed by atoms with Crippen LogP contribution in [0.5, 0.6) is 0 Å². The maximum atomic E-state index is 13.9. The summed E-state index contributed by atoms with van der Waals surface area (Å²) in [4.78, 5) is 11.2. The largest absolute Gasteiger partial charge is 0.348 e. The first-order chi connectivity index (χ1) is 14.7. The normalized spacial score (nSPS) is 15.7. The molecular weight excluding hydrogens is 387 g/mol. The van der Waals surface area contributed by atoms with Crippen molar-refractivity contribution < 1.29 is 13.4 Å². The Bertz CT molecular complexity index is 1140. The maximum Gasteiger partial charge on any atom is 0.260 e. The number of aryl methyl sites for hydroxylation is 1. The summed E-state index contributed by atoms with van der Waals surface area (Å²) >= 11 is 0. The van der Waals surface area contributed by atoms with Gasteiger partial charge in [0.2, 0.25) is 11.7 Å². The van der Waals surface area contributed by atoms with Crippen LogP contribution < -0.4 is 0 Å². The van der Waals surface area contributed by atoms with Crippen molar-refractivity contribution in [2.24, 2.45) is 7.05 Å². The molecule has 0 N–H and O–H groups in total. The van der Waals surface area contributed by atoms with Crippen molar-refractivity contribution in [3.8, 4) is 23.0 Å². The Morgan fingerprint density at radius 3 is 2.63 bits per heavy atom. The smallest absolute Gasteiger partial charge is 0.260 e. The van der Waals surface area contributed by atoms with Crippen LogP contribution in [0.4, 0.5) is 4.39 Å². The van der Waals surface area contributed by atoms with E-state index in [9.17, 15) is 4.39 Å². The Hall–Kier alpha value is -3.33. The first-order valence-electron chi connectivity index (χ1n) is 9.92. The zero-order valence-electron chi connectivity index (χ0n) is 16.5. The molecule has 1 aromatic carbocycles. The van der Waals surface area contributed by atoms with Crippen LogP contribution in [0.15, 0.2) is 51.6 Å². The van der Waals surface area contributed by atoms with Crippen molar-refractivity contribution >= 4 is 0 Å². The van der Waals surface area contributed by atoms with E-state index in [1.54, 1.807) is 18.2 Å². The molecule has 0 atom stereocenters. The number of hydrogen-bond donors (Lipinski definition) is 0. The Kier molecular flexibility index (Phi) is 4.88. The quantitative estimate of drug-likeness (QED) is 0.498. The van der Waals surface area contributed by atoms with Crippen LogP contribution in [0.2, 0.25) is 0 Å². The highest BCUT2D eigenvalue weighted by molar-refractivity contribution is 5.53. The average Bonchev–Trinajstić information content (AvgIpc) is 3.50. The number of hydrogen-bond acceptors (Lipinski definition) is 7. The first-order valence-corrected chi connectivity index (χ1v) is 9.92. The molecule has 1 aliphatic heterocycles. The van der Waals surface area contributed by atoms with Crippen molar-refractivity contribution in [2.75, 3.05) is 13.1 Å². The molecule has 5 rings (SSSR count). The lowest BCUT2D eigenvalue weighted by molar-refractivity contribution is 0.182. The molecule has 0 radical (unpaired) electrons. The molecule has 8 nitrogen and oxygen atoms in total. The maximum absolute atomic E-state index is 13.9. The van der Waals surface area contributed by atoms with Gasteiger partial charge in [-0.15, -0.1) is 0 Å². The van der Waals surface area contributed by atoms with Gasteiger partial charge in [0.1, 0.15) is 5.82 Å². The highest BCUT2D eigenvalue weighted by Crippen LogP contribution is 2.29. The highest BCUT2D eigenvalue weighted by atomic mass is 19.1. The number of rotatable bonds is 5. The van der Waals surface area contributed by atoms with E-state index in [0.717, 1.165) is 31.6 Å². The van der Waals surface area contributed by atoms with Crippen LogP contribution in [-0.2, 0) is 13.6 Å². The fraction of sp³-hybridized carbons (Fsp3) is 0.333. The number of benzene rings is 1. The molecule has 4 aromatic rings. The molecule has 9 heteroatoms. The molecule has 1 saturated heterocycles. The fourth-order valence-electron chi connectivity index (χ4n) is 3.80. The minimum atomic E-state index is -0.372.